The maximum absolute atomic E-state index is 10.9. The van der Waals surface area contributed by atoms with Crippen LogP contribution in [0.3, 0.4) is 0 Å². The molecule has 3 aliphatic rings. The SMILES string of the molecule is CC(C)(C=O)CC1=CC2CC(C1)C2(C)C. The van der Waals surface area contributed by atoms with Gasteiger partial charge in [-0.15, -0.1) is 0 Å². The van der Waals surface area contributed by atoms with Crippen molar-refractivity contribution < 1.29 is 4.79 Å². The van der Waals surface area contributed by atoms with Gasteiger partial charge in [0.25, 0.3) is 0 Å². The van der Waals surface area contributed by atoms with E-state index in [0.29, 0.717) is 5.41 Å². The molecule has 1 saturated carbocycles. The monoisotopic (exact) mass is 206 g/mol. The highest BCUT2D eigenvalue weighted by Crippen LogP contribution is 2.58. The molecule has 84 valence electrons. The molecule has 0 aromatic rings. The molecule has 0 heterocycles. The van der Waals surface area contributed by atoms with Crippen molar-refractivity contribution in [3.8, 4) is 0 Å². The Morgan fingerprint density at radius 2 is 2.20 bits per heavy atom. The topological polar surface area (TPSA) is 17.1 Å². The molecule has 3 rings (SSSR count). The Bertz CT molecular complexity index is 309. The third-order valence-corrected chi connectivity index (χ3v) is 4.49. The fourth-order valence-electron chi connectivity index (χ4n) is 3.11. The van der Waals surface area contributed by atoms with Crippen LogP contribution in [0.1, 0.15) is 47.0 Å². The molecule has 0 N–H and O–H groups in total. The van der Waals surface area contributed by atoms with E-state index in [1.807, 2.05) is 13.8 Å². The number of aldehydes is 1. The lowest BCUT2D eigenvalue weighted by molar-refractivity contribution is -0.114. The van der Waals surface area contributed by atoms with Gasteiger partial charge >= 0.3 is 0 Å². The fraction of sp³-hybridized carbons (Fsp3) is 0.786. The summed E-state index contributed by atoms with van der Waals surface area (Å²) in [6.45, 7) is 8.83. The second kappa shape index (κ2) is 3.20. The molecule has 0 spiro atoms. The van der Waals surface area contributed by atoms with Crippen LogP contribution in [-0.4, -0.2) is 6.29 Å². The number of allylic oxidation sites excluding steroid dienone is 2. The van der Waals surface area contributed by atoms with Crippen LogP contribution >= 0.6 is 0 Å². The standard InChI is InChI=1S/C14H22O/c1-13(2,9-15)8-10-5-11-7-12(6-10)14(11,3)4/h5,9,11-12H,6-8H2,1-4H3. The molecule has 2 bridgehead atoms. The molecular weight excluding hydrogens is 184 g/mol. The van der Waals surface area contributed by atoms with Crippen LogP contribution < -0.4 is 0 Å². The lowest BCUT2D eigenvalue weighted by Gasteiger charge is -2.55. The van der Waals surface area contributed by atoms with Gasteiger partial charge in [-0.3, -0.25) is 0 Å². The Morgan fingerprint density at radius 3 is 2.60 bits per heavy atom. The molecule has 0 saturated heterocycles. The Hall–Kier alpha value is -0.590. The largest absolute Gasteiger partial charge is 0.303 e. The number of carbonyl (C=O) groups is 1. The summed E-state index contributed by atoms with van der Waals surface area (Å²) in [5, 5.41) is 0. The van der Waals surface area contributed by atoms with Crippen molar-refractivity contribution in [2.24, 2.45) is 22.7 Å². The fourth-order valence-corrected chi connectivity index (χ4v) is 3.11. The van der Waals surface area contributed by atoms with Gasteiger partial charge in [-0.1, -0.05) is 39.3 Å². The quantitative estimate of drug-likeness (QED) is 0.509. The van der Waals surface area contributed by atoms with Crippen molar-refractivity contribution in [1.29, 1.82) is 0 Å². The summed E-state index contributed by atoms with van der Waals surface area (Å²) >= 11 is 0. The Morgan fingerprint density at radius 1 is 1.53 bits per heavy atom. The van der Waals surface area contributed by atoms with Gasteiger partial charge in [0, 0.05) is 5.41 Å². The highest BCUT2D eigenvalue weighted by Gasteiger charge is 2.49. The predicted molar refractivity (Wildman–Crippen MR) is 62.5 cm³/mol. The molecule has 0 amide bonds. The van der Waals surface area contributed by atoms with E-state index >= 15 is 0 Å². The van der Waals surface area contributed by atoms with Gasteiger partial charge < -0.3 is 4.79 Å². The molecule has 3 aliphatic carbocycles. The first-order valence-corrected chi connectivity index (χ1v) is 6.01. The lowest BCUT2D eigenvalue weighted by Crippen LogP contribution is -2.47. The van der Waals surface area contributed by atoms with E-state index in [-0.39, 0.29) is 5.41 Å². The van der Waals surface area contributed by atoms with E-state index in [9.17, 15) is 4.79 Å². The second-order valence-corrected chi connectivity index (χ2v) is 6.67. The minimum atomic E-state index is -0.167. The molecule has 2 atom stereocenters. The molecule has 1 nitrogen and oxygen atoms in total. The number of fused-ring (bicyclic) bond motifs is 1. The number of rotatable bonds is 3. The van der Waals surface area contributed by atoms with Gasteiger partial charge in [-0.05, 0) is 36.5 Å². The molecule has 0 aliphatic heterocycles. The van der Waals surface area contributed by atoms with Gasteiger partial charge in [-0.25, -0.2) is 0 Å². The molecular formula is C14H22O. The molecule has 2 unspecified atom stereocenters. The van der Waals surface area contributed by atoms with Crippen molar-refractivity contribution in [2.45, 2.75) is 47.0 Å². The van der Waals surface area contributed by atoms with E-state index in [2.05, 4.69) is 19.9 Å². The van der Waals surface area contributed by atoms with Crippen LogP contribution in [0.15, 0.2) is 11.6 Å². The molecule has 1 heteroatoms. The molecule has 15 heavy (non-hydrogen) atoms. The number of hydrogen-bond donors (Lipinski definition) is 0. The molecule has 0 aromatic carbocycles. The van der Waals surface area contributed by atoms with Gasteiger partial charge in [0.1, 0.15) is 6.29 Å². The molecule has 0 aromatic heterocycles. The number of carbonyl (C=O) groups excluding carboxylic acids is 1. The highest BCUT2D eigenvalue weighted by atomic mass is 16.1. The van der Waals surface area contributed by atoms with Crippen LogP contribution in [-0.2, 0) is 4.79 Å². The zero-order chi connectivity index (χ0) is 11.3. The first-order valence-electron chi connectivity index (χ1n) is 6.01. The van der Waals surface area contributed by atoms with Gasteiger partial charge in [-0.2, -0.15) is 0 Å². The van der Waals surface area contributed by atoms with Crippen LogP contribution in [0.25, 0.3) is 0 Å². The third kappa shape index (κ3) is 1.77. The van der Waals surface area contributed by atoms with E-state index in [1.165, 1.54) is 18.4 Å². The Kier molecular flexibility index (Phi) is 2.33. The first kappa shape index (κ1) is 10.9. The summed E-state index contributed by atoms with van der Waals surface area (Å²) in [6, 6.07) is 0. The van der Waals surface area contributed by atoms with Crippen molar-refractivity contribution in [3.05, 3.63) is 11.6 Å². The second-order valence-electron chi connectivity index (χ2n) is 6.67. The minimum absolute atomic E-state index is 0.167. The summed E-state index contributed by atoms with van der Waals surface area (Å²) < 4.78 is 0. The Balaban J connectivity index is 2.07. The summed E-state index contributed by atoms with van der Waals surface area (Å²) in [4.78, 5) is 10.9. The van der Waals surface area contributed by atoms with Crippen LogP contribution in [0.4, 0.5) is 0 Å². The maximum Gasteiger partial charge on any atom is 0.125 e. The normalized spacial score (nSPS) is 32.9. The average Bonchev–Trinajstić information content (AvgIpc) is 2.17. The van der Waals surface area contributed by atoms with Crippen LogP contribution in [0.5, 0.6) is 0 Å². The van der Waals surface area contributed by atoms with Crippen molar-refractivity contribution in [3.63, 3.8) is 0 Å². The smallest absolute Gasteiger partial charge is 0.125 e. The van der Waals surface area contributed by atoms with E-state index in [1.54, 1.807) is 0 Å². The van der Waals surface area contributed by atoms with E-state index < -0.39 is 0 Å². The maximum atomic E-state index is 10.9. The highest BCUT2D eigenvalue weighted by molar-refractivity contribution is 5.58. The number of hydrogen-bond acceptors (Lipinski definition) is 1. The minimum Gasteiger partial charge on any atom is -0.303 e. The summed E-state index contributed by atoms with van der Waals surface area (Å²) in [5.74, 6) is 1.64. The summed E-state index contributed by atoms with van der Waals surface area (Å²) in [7, 11) is 0. The Labute approximate surface area is 92.9 Å². The lowest BCUT2D eigenvalue weighted by atomic mass is 9.49. The van der Waals surface area contributed by atoms with Crippen molar-refractivity contribution in [1.82, 2.24) is 0 Å². The molecule has 1 fully saturated rings. The zero-order valence-corrected chi connectivity index (χ0v) is 10.3. The molecule has 0 radical (unpaired) electrons. The van der Waals surface area contributed by atoms with Gasteiger partial charge in [0.05, 0.1) is 0 Å². The van der Waals surface area contributed by atoms with Crippen molar-refractivity contribution in [2.75, 3.05) is 0 Å². The van der Waals surface area contributed by atoms with Crippen LogP contribution in [0, 0.1) is 22.7 Å². The summed E-state index contributed by atoms with van der Waals surface area (Å²) in [5.41, 5.74) is 1.88. The summed E-state index contributed by atoms with van der Waals surface area (Å²) in [6.07, 6.45) is 7.10. The zero-order valence-electron chi connectivity index (χ0n) is 10.3. The van der Waals surface area contributed by atoms with Gasteiger partial charge in [0.15, 0.2) is 0 Å². The third-order valence-electron chi connectivity index (χ3n) is 4.49. The van der Waals surface area contributed by atoms with Gasteiger partial charge in [0.2, 0.25) is 0 Å². The first-order chi connectivity index (χ1) is 6.85. The average molecular weight is 206 g/mol. The predicted octanol–water partition coefficient (Wildman–Crippen LogP) is 3.59. The van der Waals surface area contributed by atoms with Crippen LogP contribution in [0.2, 0.25) is 0 Å². The van der Waals surface area contributed by atoms with E-state index in [4.69, 9.17) is 0 Å². The van der Waals surface area contributed by atoms with Crippen molar-refractivity contribution >= 4 is 6.29 Å². The van der Waals surface area contributed by atoms with E-state index in [0.717, 1.165) is 24.5 Å².